The number of hydrogen-bond donors (Lipinski definition) is 1. The van der Waals surface area contributed by atoms with Gasteiger partial charge in [0.25, 0.3) is 0 Å². The molecule has 110 valence electrons. The number of carbonyl (C=O) groups is 1. The van der Waals surface area contributed by atoms with E-state index in [4.69, 9.17) is 10.5 Å². The van der Waals surface area contributed by atoms with Gasteiger partial charge in [-0.3, -0.25) is 0 Å². The molecule has 1 saturated heterocycles. The number of hydrogen-bond acceptors (Lipinski definition) is 3. The number of ether oxygens (including phenoxy) is 1. The lowest BCUT2D eigenvalue weighted by molar-refractivity contribution is 0.0178. The van der Waals surface area contributed by atoms with E-state index < -0.39 is 5.60 Å². The van der Waals surface area contributed by atoms with Crippen molar-refractivity contribution in [3.8, 4) is 0 Å². The van der Waals surface area contributed by atoms with E-state index in [0.29, 0.717) is 12.0 Å². The third-order valence-electron chi connectivity index (χ3n) is 4.10. The van der Waals surface area contributed by atoms with Crippen molar-refractivity contribution < 1.29 is 9.53 Å². The van der Waals surface area contributed by atoms with Crippen LogP contribution in [0.15, 0.2) is 0 Å². The van der Waals surface area contributed by atoms with Crippen LogP contribution in [0.1, 0.15) is 52.9 Å². The fraction of sp³-hybridized carbons (Fsp3) is 0.933. The first-order valence-electron chi connectivity index (χ1n) is 7.58. The summed E-state index contributed by atoms with van der Waals surface area (Å²) in [5, 5.41) is 0. The summed E-state index contributed by atoms with van der Waals surface area (Å²) in [5.41, 5.74) is 5.78. The summed E-state index contributed by atoms with van der Waals surface area (Å²) in [6.07, 6.45) is 5.74. The Morgan fingerprint density at radius 1 is 1.26 bits per heavy atom. The van der Waals surface area contributed by atoms with Gasteiger partial charge in [0.15, 0.2) is 0 Å². The van der Waals surface area contributed by atoms with Crippen molar-refractivity contribution in [2.24, 2.45) is 17.6 Å². The number of piperidine rings is 1. The van der Waals surface area contributed by atoms with Crippen LogP contribution in [0.2, 0.25) is 0 Å². The molecule has 2 rings (SSSR count). The van der Waals surface area contributed by atoms with Crippen LogP contribution in [0.3, 0.4) is 0 Å². The largest absolute Gasteiger partial charge is 0.444 e. The maximum Gasteiger partial charge on any atom is 0.410 e. The standard InChI is InChI=1S/C15H28N2O2/c1-15(2,3)19-14(18)17-8-6-11(7-9-17)10-13(16)12-4-5-12/h11-13H,4-10,16H2,1-3H3. The maximum atomic E-state index is 11.9. The molecule has 1 unspecified atom stereocenters. The van der Waals surface area contributed by atoms with E-state index in [0.717, 1.165) is 38.3 Å². The van der Waals surface area contributed by atoms with Gasteiger partial charge in [-0.2, -0.15) is 0 Å². The molecule has 4 nitrogen and oxygen atoms in total. The molecular weight excluding hydrogens is 240 g/mol. The van der Waals surface area contributed by atoms with Crippen LogP contribution < -0.4 is 5.73 Å². The zero-order chi connectivity index (χ0) is 14.0. The highest BCUT2D eigenvalue weighted by Crippen LogP contribution is 2.35. The van der Waals surface area contributed by atoms with Gasteiger partial charge in [-0.1, -0.05) is 0 Å². The predicted octanol–water partition coefficient (Wildman–Crippen LogP) is 2.76. The van der Waals surface area contributed by atoms with Gasteiger partial charge in [-0.15, -0.1) is 0 Å². The topological polar surface area (TPSA) is 55.6 Å². The van der Waals surface area contributed by atoms with Gasteiger partial charge in [0.1, 0.15) is 5.60 Å². The van der Waals surface area contributed by atoms with E-state index >= 15 is 0 Å². The molecule has 2 aliphatic rings. The van der Waals surface area contributed by atoms with Crippen LogP contribution in [0, 0.1) is 11.8 Å². The quantitative estimate of drug-likeness (QED) is 0.856. The lowest BCUT2D eigenvalue weighted by Gasteiger charge is -2.34. The molecule has 0 aromatic heterocycles. The Morgan fingerprint density at radius 3 is 2.32 bits per heavy atom. The normalized spacial score (nSPS) is 23.3. The van der Waals surface area contributed by atoms with Crippen molar-refractivity contribution in [2.45, 2.75) is 64.5 Å². The number of carbonyl (C=O) groups excluding carboxylic acids is 1. The van der Waals surface area contributed by atoms with E-state index in [1.54, 1.807) is 0 Å². The van der Waals surface area contributed by atoms with Gasteiger partial charge in [0.05, 0.1) is 0 Å². The van der Waals surface area contributed by atoms with Gasteiger partial charge < -0.3 is 15.4 Å². The Labute approximate surface area is 116 Å². The number of rotatable bonds is 3. The van der Waals surface area contributed by atoms with Gasteiger partial charge in [-0.25, -0.2) is 4.79 Å². The lowest BCUT2D eigenvalue weighted by Crippen LogP contribution is -2.42. The first kappa shape index (κ1) is 14.6. The molecule has 1 saturated carbocycles. The maximum absolute atomic E-state index is 11.9. The highest BCUT2D eigenvalue weighted by atomic mass is 16.6. The predicted molar refractivity (Wildman–Crippen MR) is 75.8 cm³/mol. The van der Waals surface area contributed by atoms with Crippen LogP contribution in [-0.2, 0) is 4.74 Å². The van der Waals surface area contributed by atoms with E-state index in [9.17, 15) is 4.79 Å². The van der Waals surface area contributed by atoms with Crippen LogP contribution in [0.4, 0.5) is 4.79 Å². The molecule has 2 fully saturated rings. The SMILES string of the molecule is CC(C)(C)OC(=O)N1CCC(CC(N)C2CC2)CC1. The Morgan fingerprint density at radius 2 is 1.84 bits per heavy atom. The molecule has 0 bridgehead atoms. The summed E-state index contributed by atoms with van der Waals surface area (Å²) in [6.45, 7) is 7.36. The summed E-state index contributed by atoms with van der Waals surface area (Å²) in [7, 11) is 0. The molecule has 2 N–H and O–H groups in total. The second kappa shape index (κ2) is 5.70. The first-order valence-corrected chi connectivity index (χ1v) is 7.58. The van der Waals surface area contributed by atoms with Crippen LogP contribution in [-0.4, -0.2) is 35.7 Å². The van der Waals surface area contributed by atoms with Crippen molar-refractivity contribution in [3.63, 3.8) is 0 Å². The molecule has 19 heavy (non-hydrogen) atoms. The van der Waals surface area contributed by atoms with Crippen molar-refractivity contribution in [2.75, 3.05) is 13.1 Å². The fourth-order valence-corrected chi connectivity index (χ4v) is 2.78. The molecule has 0 aromatic rings. The minimum absolute atomic E-state index is 0.169. The average molecular weight is 268 g/mol. The zero-order valence-corrected chi connectivity index (χ0v) is 12.5. The molecule has 0 spiro atoms. The van der Waals surface area contributed by atoms with Crippen molar-refractivity contribution in [3.05, 3.63) is 0 Å². The number of nitrogens with zero attached hydrogens (tertiary/aromatic N) is 1. The molecule has 1 amide bonds. The van der Waals surface area contributed by atoms with Crippen molar-refractivity contribution in [1.82, 2.24) is 4.90 Å². The Bertz CT molecular complexity index is 313. The zero-order valence-electron chi connectivity index (χ0n) is 12.5. The molecular formula is C15H28N2O2. The third-order valence-corrected chi connectivity index (χ3v) is 4.10. The summed E-state index contributed by atoms with van der Waals surface area (Å²) in [4.78, 5) is 13.8. The highest BCUT2D eigenvalue weighted by molar-refractivity contribution is 5.68. The number of nitrogens with two attached hydrogens (primary N) is 1. The summed E-state index contributed by atoms with van der Waals surface area (Å²) in [5.74, 6) is 1.47. The molecule has 0 aromatic carbocycles. The Hall–Kier alpha value is -0.770. The van der Waals surface area contributed by atoms with E-state index in [1.165, 1.54) is 12.8 Å². The molecule has 1 atom stereocenters. The monoisotopic (exact) mass is 268 g/mol. The minimum Gasteiger partial charge on any atom is -0.444 e. The Balaban J connectivity index is 1.71. The van der Waals surface area contributed by atoms with Crippen LogP contribution in [0.25, 0.3) is 0 Å². The fourth-order valence-electron chi connectivity index (χ4n) is 2.78. The van der Waals surface area contributed by atoms with Gasteiger partial charge >= 0.3 is 6.09 Å². The second-order valence-corrected chi connectivity index (χ2v) is 7.15. The summed E-state index contributed by atoms with van der Waals surface area (Å²) < 4.78 is 5.40. The molecule has 1 heterocycles. The smallest absolute Gasteiger partial charge is 0.410 e. The first-order chi connectivity index (χ1) is 8.85. The van der Waals surface area contributed by atoms with Crippen molar-refractivity contribution >= 4 is 6.09 Å². The number of amides is 1. The Kier molecular flexibility index (Phi) is 4.39. The van der Waals surface area contributed by atoms with E-state index in [2.05, 4.69) is 0 Å². The average Bonchev–Trinajstić information content (AvgIpc) is 3.11. The summed E-state index contributed by atoms with van der Waals surface area (Å²) >= 11 is 0. The molecule has 1 aliphatic carbocycles. The molecule has 4 heteroatoms. The van der Waals surface area contributed by atoms with Crippen LogP contribution >= 0.6 is 0 Å². The van der Waals surface area contributed by atoms with Crippen molar-refractivity contribution in [1.29, 1.82) is 0 Å². The third kappa shape index (κ3) is 4.68. The minimum atomic E-state index is -0.401. The van der Waals surface area contributed by atoms with Gasteiger partial charge in [0.2, 0.25) is 0 Å². The van der Waals surface area contributed by atoms with Crippen LogP contribution in [0.5, 0.6) is 0 Å². The molecule has 0 radical (unpaired) electrons. The van der Waals surface area contributed by atoms with E-state index in [1.807, 2.05) is 25.7 Å². The van der Waals surface area contributed by atoms with Gasteiger partial charge in [0, 0.05) is 19.1 Å². The number of likely N-dealkylation sites (tertiary alicyclic amines) is 1. The van der Waals surface area contributed by atoms with Gasteiger partial charge in [-0.05, 0) is 64.7 Å². The lowest BCUT2D eigenvalue weighted by atomic mass is 9.89. The second-order valence-electron chi connectivity index (χ2n) is 7.15. The van der Waals surface area contributed by atoms with E-state index in [-0.39, 0.29) is 6.09 Å². The summed E-state index contributed by atoms with van der Waals surface area (Å²) in [6, 6.07) is 0.387. The molecule has 1 aliphatic heterocycles. The highest BCUT2D eigenvalue weighted by Gasteiger charge is 2.32.